The molecule has 3 nitrogen and oxygen atoms in total. The van der Waals surface area contributed by atoms with Crippen molar-refractivity contribution in [2.75, 3.05) is 0 Å². The Bertz CT molecular complexity index is 282. The molecular formula is C10H13NO2. The minimum atomic E-state index is -0.750. The summed E-state index contributed by atoms with van der Waals surface area (Å²) in [6.45, 7) is 1.56. The third-order valence-corrected chi connectivity index (χ3v) is 1.95. The largest absolute Gasteiger partial charge is 0.392 e. The molecule has 0 radical (unpaired) electrons. The Labute approximate surface area is 77.2 Å². The standard InChI is InChI=1S/C10H13NO2/c1-7(12)9(10(11)13)8-5-3-2-4-6-8/h2-7,9,12H,1H3,(H2,11,13). The number of carbonyl (C=O) groups excluding carboxylic acids is 1. The summed E-state index contributed by atoms with van der Waals surface area (Å²) in [5.74, 6) is -1.11. The minimum absolute atomic E-state index is 0.499. The number of carbonyl (C=O) groups is 1. The Hall–Kier alpha value is -1.35. The molecule has 0 saturated carbocycles. The number of hydrogen-bond acceptors (Lipinski definition) is 2. The molecule has 0 aliphatic carbocycles. The molecule has 2 unspecified atom stereocenters. The van der Waals surface area contributed by atoms with E-state index in [4.69, 9.17) is 5.73 Å². The first-order valence-corrected chi connectivity index (χ1v) is 4.15. The van der Waals surface area contributed by atoms with Crippen molar-refractivity contribution >= 4 is 5.91 Å². The molecule has 2 atom stereocenters. The van der Waals surface area contributed by atoms with E-state index < -0.39 is 17.9 Å². The van der Waals surface area contributed by atoms with Gasteiger partial charge < -0.3 is 10.8 Å². The fourth-order valence-electron chi connectivity index (χ4n) is 1.34. The summed E-state index contributed by atoms with van der Waals surface area (Å²) in [6, 6.07) is 9.04. The topological polar surface area (TPSA) is 63.3 Å². The smallest absolute Gasteiger partial charge is 0.227 e. The maximum atomic E-state index is 11.0. The van der Waals surface area contributed by atoms with Crippen LogP contribution in [-0.2, 0) is 4.79 Å². The molecule has 13 heavy (non-hydrogen) atoms. The van der Waals surface area contributed by atoms with Gasteiger partial charge in [0.1, 0.15) is 0 Å². The Morgan fingerprint density at radius 1 is 1.38 bits per heavy atom. The molecule has 0 bridgehead atoms. The molecule has 3 heteroatoms. The summed E-state index contributed by atoms with van der Waals surface area (Å²) < 4.78 is 0. The van der Waals surface area contributed by atoms with Crippen molar-refractivity contribution in [3.63, 3.8) is 0 Å². The second kappa shape index (κ2) is 4.05. The third kappa shape index (κ3) is 2.29. The highest BCUT2D eigenvalue weighted by molar-refractivity contribution is 5.82. The minimum Gasteiger partial charge on any atom is -0.392 e. The summed E-state index contributed by atoms with van der Waals surface area (Å²) >= 11 is 0. The molecule has 1 aromatic rings. The molecule has 0 aromatic heterocycles. The summed E-state index contributed by atoms with van der Waals surface area (Å²) in [4.78, 5) is 11.0. The van der Waals surface area contributed by atoms with Gasteiger partial charge >= 0.3 is 0 Å². The van der Waals surface area contributed by atoms with Crippen LogP contribution in [0.15, 0.2) is 30.3 Å². The van der Waals surface area contributed by atoms with Crippen LogP contribution in [0, 0.1) is 0 Å². The zero-order chi connectivity index (χ0) is 9.84. The molecular weight excluding hydrogens is 166 g/mol. The van der Waals surface area contributed by atoms with Gasteiger partial charge in [-0.05, 0) is 12.5 Å². The SMILES string of the molecule is CC(O)C(C(N)=O)c1ccccc1. The lowest BCUT2D eigenvalue weighted by atomic mass is 9.94. The molecule has 0 spiro atoms. The van der Waals surface area contributed by atoms with E-state index in [9.17, 15) is 9.90 Å². The quantitative estimate of drug-likeness (QED) is 0.715. The van der Waals surface area contributed by atoms with Crippen molar-refractivity contribution in [3.05, 3.63) is 35.9 Å². The molecule has 1 aromatic carbocycles. The van der Waals surface area contributed by atoms with E-state index in [1.807, 2.05) is 18.2 Å². The molecule has 1 rings (SSSR count). The van der Waals surface area contributed by atoms with Crippen LogP contribution in [0.2, 0.25) is 0 Å². The molecule has 0 fully saturated rings. The lowest BCUT2D eigenvalue weighted by Gasteiger charge is -2.16. The Kier molecular flexibility index (Phi) is 3.03. The second-order valence-corrected chi connectivity index (χ2v) is 3.03. The van der Waals surface area contributed by atoms with E-state index in [-0.39, 0.29) is 0 Å². The number of nitrogens with two attached hydrogens (primary N) is 1. The number of amides is 1. The maximum absolute atomic E-state index is 11.0. The lowest BCUT2D eigenvalue weighted by Crippen LogP contribution is -2.29. The van der Waals surface area contributed by atoms with Gasteiger partial charge in [-0.15, -0.1) is 0 Å². The van der Waals surface area contributed by atoms with Gasteiger partial charge in [0, 0.05) is 0 Å². The van der Waals surface area contributed by atoms with Crippen LogP contribution in [0.4, 0.5) is 0 Å². The van der Waals surface area contributed by atoms with Crippen LogP contribution in [0.5, 0.6) is 0 Å². The molecule has 3 N–H and O–H groups in total. The van der Waals surface area contributed by atoms with Crippen LogP contribution in [0.3, 0.4) is 0 Å². The fraction of sp³-hybridized carbons (Fsp3) is 0.300. The summed E-state index contributed by atoms with van der Waals surface area (Å²) in [5.41, 5.74) is 5.93. The van der Waals surface area contributed by atoms with Crippen LogP contribution >= 0.6 is 0 Å². The molecule has 0 aliphatic heterocycles. The second-order valence-electron chi connectivity index (χ2n) is 3.03. The zero-order valence-corrected chi connectivity index (χ0v) is 7.47. The predicted octanol–water partition coefficient (Wildman–Crippen LogP) is 0.636. The number of aliphatic hydroxyl groups excluding tert-OH is 1. The number of rotatable bonds is 3. The van der Waals surface area contributed by atoms with Crippen molar-refractivity contribution in [2.24, 2.45) is 5.73 Å². The van der Waals surface area contributed by atoms with Crippen molar-refractivity contribution in [1.82, 2.24) is 0 Å². The molecule has 1 amide bonds. The van der Waals surface area contributed by atoms with Gasteiger partial charge in [-0.1, -0.05) is 30.3 Å². The average Bonchev–Trinajstić information content (AvgIpc) is 2.04. The van der Waals surface area contributed by atoms with E-state index in [1.165, 1.54) is 0 Å². The summed E-state index contributed by atoms with van der Waals surface area (Å²) in [6.07, 6.45) is -0.750. The van der Waals surface area contributed by atoms with E-state index in [1.54, 1.807) is 19.1 Å². The number of aliphatic hydroxyl groups is 1. The fourth-order valence-corrected chi connectivity index (χ4v) is 1.34. The van der Waals surface area contributed by atoms with Crippen molar-refractivity contribution < 1.29 is 9.90 Å². The monoisotopic (exact) mass is 179 g/mol. The van der Waals surface area contributed by atoms with Gasteiger partial charge in [0.05, 0.1) is 12.0 Å². The zero-order valence-electron chi connectivity index (χ0n) is 7.47. The number of benzene rings is 1. The summed E-state index contributed by atoms with van der Waals surface area (Å²) in [5, 5.41) is 9.34. The average molecular weight is 179 g/mol. The normalized spacial score (nSPS) is 14.9. The van der Waals surface area contributed by atoms with E-state index in [2.05, 4.69) is 0 Å². The Morgan fingerprint density at radius 2 is 1.92 bits per heavy atom. The van der Waals surface area contributed by atoms with Crippen molar-refractivity contribution in [2.45, 2.75) is 18.9 Å². The van der Waals surface area contributed by atoms with Gasteiger partial charge in [-0.2, -0.15) is 0 Å². The molecule has 0 aliphatic rings. The molecule has 70 valence electrons. The highest BCUT2D eigenvalue weighted by Gasteiger charge is 2.22. The van der Waals surface area contributed by atoms with E-state index in [0.717, 1.165) is 5.56 Å². The van der Waals surface area contributed by atoms with Crippen LogP contribution in [0.1, 0.15) is 18.4 Å². The molecule has 0 saturated heterocycles. The molecule has 0 heterocycles. The predicted molar refractivity (Wildman–Crippen MR) is 50.1 cm³/mol. The highest BCUT2D eigenvalue weighted by atomic mass is 16.3. The first-order valence-electron chi connectivity index (χ1n) is 4.15. The highest BCUT2D eigenvalue weighted by Crippen LogP contribution is 2.18. The Balaban J connectivity index is 2.96. The summed E-state index contributed by atoms with van der Waals surface area (Å²) in [7, 11) is 0. The first-order chi connectivity index (χ1) is 6.13. The number of primary amides is 1. The van der Waals surface area contributed by atoms with Gasteiger partial charge in [0.2, 0.25) is 5.91 Å². The van der Waals surface area contributed by atoms with E-state index >= 15 is 0 Å². The lowest BCUT2D eigenvalue weighted by molar-refractivity contribution is -0.121. The third-order valence-electron chi connectivity index (χ3n) is 1.95. The van der Waals surface area contributed by atoms with Crippen LogP contribution < -0.4 is 5.73 Å². The van der Waals surface area contributed by atoms with Crippen molar-refractivity contribution in [1.29, 1.82) is 0 Å². The van der Waals surface area contributed by atoms with Crippen LogP contribution in [-0.4, -0.2) is 17.1 Å². The van der Waals surface area contributed by atoms with E-state index in [0.29, 0.717) is 0 Å². The number of hydrogen-bond donors (Lipinski definition) is 2. The van der Waals surface area contributed by atoms with Gasteiger partial charge in [-0.3, -0.25) is 4.79 Å². The first kappa shape index (κ1) is 9.74. The van der Waals surface area contributed by atoms with Gasteiger partial charge in [-0.25, -0.2) is 0 Å². The van der Waals surface area contributed by atoms with Gasteiger partial charge in [0.25, 0.3) is 0 Å². The Morgan fingerprint density at radius 3 is 2.31 bits per heavy atom. The van der Waals surface area contributed by atoms with Crippen molar-refractivity contribution in [3.8, 4) is 0 Å². The van der Waals surface area contributed by atoms with Crippen LogP contribution in [0.25, 0.3) is 0 Å². The maximum Gasteiger partial charge on any atom is 0.227 e. The van der Waals surface area contributed by atoms with Gasteiger partial charge in [0.15, 0.2) is 0 Å².